The number of ether oxygens (including phenoxy) is 2. The SMILES string of the molecule is CSc1ccc(C2=C(c3ccccc3)C3(OCCO3)C2=O)cc1. The Hall–Kier alpha value is -1.88. The topological polar surface area (TPSA) is 35.5 Å². The molecule has 0 atom stereocenters. The van der Waals surface area contributed by atoms with Crippen LogP contribution in [0.2, 0.25) is 0 Å². The summed E-state index contributed by atoms with van der Waals surface area (Å²) in [5.41, 5.74) is 3.43. The number of benzene rings is 2. The first kappa shape index (κ1) is 14.7. The van der Waals surface area contributed by atoms with Crippen molar-refractivity contribution >= 4 is 28.7 Å². The Morgan fingerprint density at radius 1 is 0.913 bits per heavy atom. The molecule has 0 radical (unpaired) electrons. The average molecular weight is 324 g/mol. The number of rotatable bonds is 3. The van der Waals surface area contributed by atoms with E-state index in [1.165, 1.54) is 4.90 Å². The van der Waals surface area contributed by atoms with E-state index in [-0.39, 0.29) is 5.78 Å². The lowest BCUT2D eigenvalue weighted by Crippen LogP contribution is -2.50. The highest BCUT2D eigenvalue weighted by Gasteiger charge is 2.59. The third-order valence-electron chi connectivity index (χ3n) is 4.24. The van der Waals surface area contributed by atoms with Gasteiger partial charge in [-0.15, -0.1) is 11.8 Å². The van der Waals surface area contributed by atoms with Crippen LogP contribution in [0.1, 0.15) is 11.1 Å². The maximum Gasteiger partial charge on any atom is 0.262 e. The third-order valence-corrected chi connectivity index (χ3v) is 4.98. The number of carbonyl (C=O) groups is 1. The van der Waals surface area contributed by atoms with E-state index in [0.717, 1.165) is 16.7 Å². The summed E-state index contributed by atoms with van der Waals surface area (Å²) in [6.07, 6.45) is 2.04. The van der Waals surface area contributed by atoms with Crippen LogP contribution in [0.5, 0.6) is 0 Å². The van der Waals surface area contributed by atoms with Gasteiger partial charge in [-0.05, 0) is 29.5 Å². The van der Waals surface area contributed by atoms with Gasteiger partial charge in [0.2, 0.25) is 5.78 Å². The highest BCUT2D eigenvalue weighted by atomic mass is 32.2. The van der Waals surface area contributed by atoms with Gasteiger partial charge in [-0.2, -0.15) is 0 Å². The van der Waals surface area contributed by atoms with E-state index < -0.39 is 5.79 Å². The van der Waals surface area contributed by atoms with Crippen LogP contribution in [0.4, 0.5) is 0 Å². The molecule has 2 aromatic carbocycles. The van der Waals surface area contributed by atoms with Crippen LogP contribution in [0, 0.1) is 0 Å². The van der Waals surface area contributed by atoms with Crippen LogP contribution in [0.15, 0.2) is 59.5 Å². The van der Waals surface area contributed by atoms with Crippen molar-refractivity contribution < 1.29 is 14.3 Å². The van der Waals surface area contributed by atoms with Gasteiger partial charge in [-0.1, -0.05) is 42.5 Å². The predicted molar refractivity (Wildman–Crippen MR) is 91.1 cm³/mol. The molecule has 4 rings (SSSR count). The molecule has 0 aromatic heterocycles. The first-order chi connectivity index (χ1) is 11.3. The molecule has 2 aromatic rings. The zero-order valence-corrected chi connectivity index (χ0v) is 13.6. The first-order valence-electron chi connectivity index (χ1n) is 7.53. The summed E-state index contributed by atoms with van der Waals surface area (Å²) in [5, 5.41) is 0. The largest absolute Gasteiger partial charge is 0.337 e. The molecule has 1 saturated heterocycles. The number of hydrogen-bond donors (Lipinski definition) is 0. The lowest BCUT2D eigenvalue weighted by atomic mass is 9.73. The molecule has 1 heterocycles. The van der Waals surface area contributed by atoms with E-state index in [0.29, 0.717) is 18.8 Å². The van der Waals surface area contributed by atoms with Gasteiger partial charge in [0.15, 0.2) is 0 Å². The van der Waals surface area contributed by atoms with Crippen molar-refractivity contribution in [2.45, 2.75) is 10.7 Å². The normalized spacial score (nSPS) is 19.3. The van der Waals surface area contributed by atoms with Gasteiger partial charge in [0, 0.05) is 16.0 Å². The van der Waals surface area contributed by atoms with Crippen LogP contribution in [-0.2, 0) is 14.3 Å². The Labute approximate surface area is 139 Å². The quantitative estimate of drug-likeness (QED) is 0.808. The molecule has 0 saturated carbocycles. The molecule has 116 valence electrons. The van der Waals surface area contributed by atoms with E-state index in [4.69, 9.17) is 9.47 Å². The zero-order valence-electron chi connectivity index (χ0n) is 12.7. The van der Waals surface area contributed by atoms with Crippen molar-refractivity contribution in [3.63, 3.8) is 0 Å². The van der Waals surface area contributed by atoms with Crippen LogP contribution in [0.25, 0.3) is 11.1 Å². The number of hydrogen-bond acceptors (Lipinski definition) is 4. The second kappa shape index (κ2) is 5.64. The van der Waals surface area contributed by atoms with Gasteiger partial charge in [-0.25, -0.2) is 0 Å². The molecule has 1 aliphatic carbocycles. The Kier molecular flexibility index (Phi) is 3.60. The summed E-state index contributed by atoms with van der Waals surface area (Å²) in [5.74, 6) is -1.28. The molecule has 4 heteroatoms. The maximum atomic E-state index is 12.8. The molecule has 3 nitrogen and oxygen atoms in total. The van der Waals surface area contributed by atoms with Crippen LogP contribution >= 0.6 is 11.8 Å². The molecule has 0 unspecified atom stereocenters. The van der Waals surface area contributed by atoms with E-state index in [1.54, 1.807) is 11.8 Å². The van der Waals surface area contributed by atoms with Gasteiger partial charge in [0.05, 0.1) is 13.2 Å². The minimum atomic E-state index is -1.20. The molecule has 1 aliphatic heterocycles. The Morgan fingerprint density at radius 2 is 1.57 bits per heavy atom. The first-order valence-corrected chi connectivity index (χ1v) is 8.76. The minimum absolute atomic E-state index is 0.0780. The highest BCUT2D eigenvalue weighted by molar-refractivity contribution is 7.98. The zero-order chi connectivity index (χ0) is 15.9. The number of Topliss-reactive ketones (excluding diaryl/α,β-unsaturated/α-hetero) is 1. The van der Waals surface area contributed by atoms with E-state index in [2.05, 4.69) is 0 Å². The molecule has 0 amide bonds. The van der Waals surface area contributed by atoms with Gasteiger partial charge in [-0.3, -0.25) is 4.79 Å². The van der Waals surface area contributed by atoms with Crippen molar-refractivity contribution in [2.24, 2.45) is 0 Å². The number of ketones is 1. The fourth-order valence-electron chi connectivity index (χ4n) is 3.15. The number of thioether (sulfide) groups is 1. The molecule has 1 spiro atoms. The summed E-state index contributed by atoms with van der Waals surface area (Å²) in [7, 11) is 0. The van der Waals surface area contributed by atoms with E-state index in [9.17, 15) is 4.79 Å². The van der Waals surface area contributed by atoms with Crippen molar-refractivity contribution in [3.8, 4) is 0 Å². The van der Waals surface area contributed by atoms with Crippen LogP contribution in [-0.4, -0.2) is 31.0 Å². The van der Waals surface area contributed by atoms with Crippen LogP contribution in [0.3, 0.4) is 0 Å². The molecule has 2 aliphatic rings. The van der Waals surface area contributed by atoms with Gasteiger partial charge in [0.1, 0.15) is 0 Å². The summed E-state index contributed by atoms with van der Waals surface area (Å²) in [6, 6.07) is 17.9. The summed E-state index contributed by atoms with van der Waals surface area (Å²) in [6.45, 7) is 0.890. The molecular formula is C19H16O3S. The standard InChI is InChI=1S/C19H16O3S/c1-23-15-9-7-13(8-10-15)16-17(14-5-3-2-4-6-14)19(18(16)20)21-11-12-22-19/h2-10H,11-12H2,1H3. The Bertz CT molecular complexity index is 772. The highest BCUT2D eigenvalue weighted by Crippen LogP contribution is 2.51. The van der Waals surface area contributed by atoms with Crippen molar-refractivity contribution in [1.82, 2.24) is 0 Å². The van der Waals surface area contributed by atoms with Gasteiger partial charge >= 0.3 is 0 Å². The molecule has 0 bridgehead atoms. The van der Waals surface area contributed by atoms with Gasteiger partial charge in [0.25, 0.3) is 5.79 Å². The lowest BCUT2D eigenvalue weighted by molar-refractivity contribution is -0.158. The molecule has 1 fully saturated rings. The molecular weight excluding hydrogens is 308 g/mol. The summed E-state index contributed by atoms with van der Waals surface area (Å²) < 4.78 is 11.4. The molecule has 0 N–H and O–H groups in total. The van der Waals surface area contributed by atoms with E-state index in [1.807, 2.05) is 60.9 Å². The Morgan fingerprint density at radius 3 is 2.17 bits per heavy atom. The second-order valence-electron chi connectivity index (χ2n) is 5.49. The van der Waals surface area contributed by atoms with Gasteiger partial charge < -0.3 is 9.47 Å². The minimum Gasteiger partial charge on any atom is -0.337 e. The van der Waals surface area contributed by atoms with Crippen molar-refractivity contribution in [1.29, 1.82) is 0 Å². The fraction of sp³-hybridized carbons (Fsp3) is 0.211. The third kappa shape index (κ3) is 2.17. The lowest BCUT2D eigenvalue weighted by Gasteiger charge is -2.39. The monoisotopic (exact) mass is 324 g/mol. The average Bonchev–Trinajstić information content (AvgIpc) is 3.12. The summed E-state index contributed by atoms with van der Waals surface area (Å²) >= 11 is 1.68. The van der Waals surface area contributed by atoms with Crippen LogP contribution < -0.4 is 0 Å². The maximum absolute atomic E-state index is 12.8. The van der Waals surface area contributed by atoms with Crippen molar-refractivity contribution in [3.05, 3.63) is 65.7 Å². The Balaban J connectivity index is 1.87. The fourth-order valence-corrected chi connectivity index (χ4v) is 3.56. The smallest absolute Gasteiger partial charge is 0.262 e. The second-order valence-corrected chi connectivity index (χ2v) is 6.37. The summed E-state index contributed by atoms with van der Waals surface area (Å²) in [4.78, 5) is 14.0. The molecule has 23 heavy (non-hydrogen) atoms. The van der Waals surface area contributed by atoms with Crippen molar-refractivity contribution in [2.75, 3.05) is 19.5 Å². The van der Waals surface area contributed by atoms with E-state index >= 15 is 0 Å². The number of carbonyl (C=O) groups excluding carboxylic acids is 1. The predicted octanol–water partition coefficient (Wildman–Crippen LogP) is 3.65.